The van der Waals surface area contributed by atoms with E-state index in [1.54, 1.807) is 18.2 Å². The van der Waals surface area contributed by atoms with Crippen LogP contribution in [0.15, 0.2) is 60.7 Å². The third kappa shape index (κ3) is 3.89. The smallest absolute Gasteiger partial charge is 0.279 e. The van der Waals surface area contributed by atoms with Crippen molar-refractivity contribution in [3.8, 4) is 6.07 Å². The Labute approximate surface area is 142 Å². The lowest BCUT2D eigenvalue weighted by Crippen LogP contribution is -3.13. The summed E-state index contributed by atoms with van der Waals surface area (Å²) in [4.78, 5) is 13.5. The van der Waals surface area contributed by atoms with Crippen molar-refractivity contribution in [2.75, 3.05) is 25.0 Å². The number of rotatable bonds is 4. The number of hydrogen-bond acceptors (Lipinski definition) is 2. The Morgan fingerprint density at radius 3 is 2.58 bits per heavy atom. The molecule has 2 N–H and O–H groups in total. The zero-order chi connectivity index (χ0) is 16.8. The van der Waals surface area contributed by atoms with Gasteiger partial charge in [0.05, 0.1) is 24.3 Å². The predicted molar refractivity (Wildman–Crippen MR) is 94.4 cm³/mol. The third-order valence-electron chi connectivity index (χ3n) is 4.26. The Bertz CT molecular complexity index is 790. The van der Waals surface area contributed by atoms with Gasteiger partial charge in [0, 0.05) is 6.42 Å². The minimum absolute atomic E-state index is 0.0516. The third-order valence-corrected chi connectivity index (χ3v) is 4.26. The van der Waals surface area contributed by atoms with Gasteiger partial charge in [-0.3, -0.25) is 4.79 Å². The fraction of sp³-hybridized carbons (Fsp3) is 0.200. The number of nitrogens with one attached hydrogen (secondary N) is 2. The van der Waals surface area contributed by atoms with Gasteiger partial charge in [-0.25, -0.2) is 0 Å². The van der Waals surface area contributed by atoms with Gasteiger partial charge in [-0.05, 0) is 29.3 Å². The quantitative estimate of drug-likeness (QED) is 0.904. The highest BCUT2D eigenvalue weighted by Crippen LogP contribution is 2.17. The summed E-state index contributed by atoms with van der Waals surface area (Å²) < 4.78 is 0. The van der Waals surface area contributed by atoms with E-state index in [4.69, 9.17) is 5.26 Å². The summed E-state index contributed by atoms with van der Waals surface area (Å²) >= 11 is 0. The van der Waals surface area contributed by atoms with Crippen LogP contribution >= 0.6 is 0 Å². The molecular weight excluding hydrogens is 298 g/mol. The zero-order valence-electron chi connectivity index (χ0n) is 13.5. The lowest BCUT2D eigenvalue weighted by molar-refractivity contribution is -0.886. The largest absolute Gasteiger partial charge is 0.324 e. The van der Waals surface area contributed by atoms with Gasteiger partial charge in [0.2, 0.25) is 0 Å². The maximum atomic E-state index is 12.2. The van der Waals surface area contributed by atoms with Gasteiger partial charge in [-0.15, -0.1) is 0 Å². The molecule has 1 aliphatic heterocycles. The number of carbonyl (C=O) groups excluding carboxylic acids is 1. The Balaban J connectivity index is 1.57. The topological polar surface area (TPSA) is 57.3 Å². The van der Waals surface area contributed by atoms with Crippen molar-refractivity contribution in [1.82, 2.24) is 0 Å². The molecule has 1 unspecified atom stereocenters. The first-order valence-corrected chi connectivity index (χ1v) is 8.13. The first-order valence-electron chi connectivity index (χ1n) is 8.13. The van der Waals surface area contributed by atoms with Crippen LogP contribution < -0.4 is 10.2 Å². The number of anilines is 1. The number of para-hydroxylation sites is 1. The highest BCUT2D eigenvalue weighted by molar-refractivity contribution is 5.92. The van der Waals surface area contributed by atoms with Crippen LogP contribution in [0.5, 0.6) is 0 Å². The van der Waals surface area contributed by atoms with Gasteiger partial charge in [0.25, 0.3) is 5.91 Å². The Morgan fingerprint density at radius 2 is 1.88 bits per heavy atom. The predicted octanol–water partition coefficient (Wildman–Crippen LogP) is 1.87. The molecule has 0 bridgehead atoms. The van der Waals surface area contributed by atoms with Crippen LogP contribution in [0.25, 0.3) is 5.57 Å². The number of hydrogen-bond donors (Lipinski definition) is 2. The van der Waals surface area contributed by atoms with E-state index in [9.17, 15) is 4.79 Å². The molecule has 4 heteroatoms. The van der Waals surface area contributed by atoms with Crippen molar-refractivity contribution in [1.29, 1.82) is 5.26 Å². The van der Waals surface area contributed by atoms with Gasteiger partial charge >= 0.3 is 0 Å². The monoisotopic (exact) mass is 318 g/mol. The van der Waals surface area contributed by atoms with E-state index in [0.29, 0.717) is 17.8 Å². The van der Waals surface area contributed by atoms with Crippen molar-refractivity contribution >= 4 is 17.2 Å². The zero-order valence-corrected chi connectivity index (χ0v) is 13.5. The molecule has 24 heavy (non-hydrogen) atoms. The van der Waals surface area contributed by atoms with Gasteiger partial charge < -0.3 is 10.2 Å². The van der Waals surface area contributed by atoms with Crippen molar-refractivity contribution < 1.29 is 9.69 Å². The van der Waals surface area contributed by atoms with E-state index in [0.717, 1.165) is 19.5 Å². The van der Waals surface area contributed by atoms with Crippen molar-refractivity contribution in [2.45, 2.75) is 6.42 Å². The van der Waals surface area contributed by atoms with Crippen LogP contribution in [0.2, 0.25) is 0 Å². The highest BCUT2D eigenvalue weighted by atomic mass is 16.2. The molecule has 0 saturated heterocycles. The minimum atomic E-state index is -0.0516. The normalized spacial score (nSPS) is 16.8. The fourth-order valence-corrected chi connectivity index (χ4v) is 2.97. The van der Waals surface area contributed by atoms with E-state index in [2.05, 4.69) is 41.7 Å². The number of amides is 1. The highest BCUT2D eigenvalue weighted by Gasteiger charge is 2.19. The summed E-state index contributed by atoms with van der Waals surface area (Å²) in [6.45, 7) is 2.20. The SMILES string of the molecule is N#Cc1ccccc1NC(=O)C[NH+]1CC=C(c2ccccc2)CC1. The molecule has 0 spiro atoms. The summed E-state index contributed by atoms with van der Waals surface area (Å²) in [7, 11) is 0. The van der Waals surface area contributed by atoms with E-state index < -0.39 is 0 Å². The van der Waals surface area contributed by atoms with Crippen LogP contribution in [0.1, 0.15) is 17.5 Å². The van der Waals surface area contributed by atoms with E-state index in [1.165, 1.54) is 16.0 Å². The van der Waals surface area contributed by atoms with Crippen LogP contribution in [0.3, 0.4) is 0 Å². The molecule has 0 fully saturated rings. The number of nitriles is 1. The molecule has 1 amide bonds. The van der Waals surface area contributed by atoms with Crippen molar-refractivity contribution in [3.05, 3.63) is 71.8 Å². The summed E-state index contributed by atoms with van der Waals surface area (Å²) in [6.07, 6.45) is 3.20. The number of quaternary nitrogens is 1. The number of carbonyl (C=O) groups is 1. The summed E-state index contributed by atoms with van der Waals surface area (Å²) in [5, 5.41) is 11.9. The molecule has 2 aromatic carbocycles. The summed E-state index contributed by atoms with van der Waals surface area (Å²) in [5.41, 5.74) is 3.70. The molecule has 0 aliphatic carbocycles. The van der Waals surface area contributed by atoms with E-state index >= 15 is 0 Å². The molecule has 4 nitrogen and oxygen atoms in total. The maximum Gasteiger partial charge on any atom is 0.279 e. The van der Waals surface area contributed by atoms with Crippen molar-refractivity contribution in [2.24, 2.45) is 0 Å². The lowest BCUT2D eigenvalue weighted by atomic mass is 10.00. The molecule has 1 aliphatic rings. The summed E-state index contributed by atoms with van der Waals surface area (Å²) in [6, 6.07) is 19.6. The molecule has 0 radical (unpaired) electrons. The Kier molecular flexibility index (Phi) is 5.05. The number of benzene rings is 2. The minimum Gasteiger partial charge on any atom is -0.324 e. The summed E-state index contributed by atoms with van der Waals surface area (Å²) in [5.74, 6) is -0.0516. The second kappa shape index (κ2) is 7.58. The second-order valence-electron chi connectivity index (χ2n) is 5.93. The molecule has 0 saturated carbocycles. The van der Waals surface area contributed by atoms with Crippen LogP contribution in [-0.2, 0) is 4.79 Å². The maximum absolute atomic E-state index is 12.2. The molecule has 120 valence electrons. The Morgan fingerprint density at radius 1 is 1.12 bits per heavy atom. The first kappa shape index (κ1) is 16.0. The number of nitrogens with zero attached hydrogens (tertiary/aromatic N) is 1. The first-order chi connectivity index (χ1) is 11.8. The van der Waals surface area contributed by atoms with Gasteiger partial charge in [0.15, 0.2) is 6.54 Å². The molecule has 1 heterocycles. The standard InChI is InChI=1S/C20H19N3O/c21-14-18-8-4-5-9-19(18)22-20(24)15-23-12-10-17(11-13-23)16-6-2-1-3-7-16/h1-10H,11-13,15H2,(H,22,24)/p+1. The van der Waals surface area contributed by atoms with Crippen LogP contribution in [0, 0.1) is 11.3 Å². The lowest BCUT2D eigenvalue weighted by Gasteiger charge is -2.23. The Hall–Kier alpha value is -2.90. The fourth-order valence-electron chi connectivity index (χ4n) is 2.97. The molecular formula is C20H20N3O+. The van der Waals surface area contributed by atoms with Crippen LogP contribution in [0.4, 0.5) is 5.69 Å². The molecule has 3 rings (SSSR count). The van der Waals surface area contributed by atoms with Gasteiger partial charge in [0.1, 0.15) is 6.07 Å². The molecule has 2 aromatic rings. The van der Waals surface area contributed by atoms with Crippen molar-refractivity contribution in [3.63, 3.8) is 0 Å². The van der Waals surface area contributed by atoms with E-state index in [-0.39, 0.29) is 5.91 Å². The van der Waals surface area contributed by atoms with E-state index in [1.807, 2.05) is 12.1 Å². The van der Waals surface area contributed by atoms with Gasteiger partial charge in [-0.1, -0.05) is 42.5 Å². The average molecular weight is 318 g/mol. The molecule has 0 aromatic heterocycles. The average Bonchev–Trinajstić information content (AvgIpc) is 2.63. The molecule has 1 atom stereocenters. The van der Waals surface area contributed by atoms with Crippen LogP contribution in [-0.4, -0.2) is 25.5 Å². The second-order valence-corrected chi connectivity index (χ2v) is 5.93. The van der Waals surface area contributed by atoms with Gasteiger partial charge in [-0.2, -0.15) is 5.26 Å².